The van der Waals surface area contributed by atoms with Crippen LogP contribution in [0.5, 0.6) is 0 Å². The lowest BCUT2D eigenvalue weighted by Gasteiger charge is -2.37. The Morgan fingerprint density at radius 1 is 1.05 bits per heavy atom. The molecule has 0 N–H and O–H groups in total. The molecule has 112 valence electrons. The highest BCUT2D eigenvalue weighted by molar-refractivity contribution is 6.46. The summed E-state index contributed by atoms with van der Waals surface area (Å²) in [4.78, 5) is 0. The standard InChI is InChI=1S/C16H32O2Si/c1-5-12(4)16(19(17-6-2)18-7-3)15-11-13-8-9-14(15)10-13/h12-16,19H,5-11H2,1-4H3. The summed E-state index contributed by atoms with van der Waals surface area (Å²) in [5, 5.41) is 0. The maximum absolute atomic E-state index is 6.10. The number of fused-ring (bicyclic) bond motifs is 2. The molecule has 2 bridgehead atoms. The quantitative estimate of drug-likeness (QED) is 0.624. The maximum Gasteiger partial charge on any atom is 0.325 e. The first-order valence-corrected chi connectivity index (χ1v) is 10.0. The Balaban J connectivity index is 2.09. The fraction of sp³-hybridized carbons (Fsp3) is 1.00. The van der Waals surface area contributed by atoms with Crippen molar-refractivity contribution in [2.75, 3.05) is 13.2 Å². The van der Waals surface area contributed by atoms with Gasteiger partial charge in [-0.05, 0) is 56.8 Å². The second-order valence-corrected chi connectivity index (χ2v) is 8.75. The molecule has 0 aliphatic heterocycles. The molecule has 0 radical (unpaired) electrons. The smallest absolute Gasteiger partial charge is 0.325 e. The molecule has 0 aromatic carbocycles. The predicted octanol–water partition coefficient (Wildman–Crippen LogP) is 4.13. The highest BCUT2D eigenvalue weighted by Gasteiger charge is 2.47. The first-order chi connectivity index (χ1) is 9.21. The van der Waals surface area contributed by atoms with Crippen LogP contribution < -0.4 is 0 Å². The van der Waals surface area contributed by atoms with Crippen LogP contribution in [0.15, 0.2) is 0 Å². The van der Waals surface area contributed by atoms with Crippen molar-refractivity contribution in [3.8, 4) is 0 Å². The molecule has 0 saturated heterocycles. The van der Waals surface area contributed by atoms with Gasteiger partial charge in [0.2, 0.25) is 0 Å². The van der Waals surface area contributed by atoms with Gasteiger partial charge in [-0.15, -0.1) is 0 Å². The van der Waals surface area contributed by atoms with Crippen LogP contribution in [-0.4, -0.2) is 22.5 Å². The molecule has 2 fully saturated rings. The van der Waals surface area contributed by atoms with Crippen molar-refractivity contribution >= 4 is 9.28 Å². The van der Waals surface area contributed by atoms with Crippen LogP contribution in [0.2, 0.25) is 5.54 Å². The van der Waals surface area contributed by atoms with Gasteiger partial charge in [0.05, 0.1) is 0 Å². The van der Waals surface area contributed by atoms with Crippen LogP contribution in [0, 0.1) is 23.7 Å². The van der Waals surface area contributed by atoms with Gasteiger partial charge in [0.15, 0.2) is 0 Å². The predicted molar refractivity (Wildman–Crippen MR) is 82.5 cm³/mol. The topological polar surface area (TPSA) is 18.5 Å². The monoisotopic (exact) mass is 284 g/mol. The first kappa shape index (κ1) is 15.5. The van der Waals surface area contributed by atoms with Crippen LogP contribution in [0.1, 0.15) is 59.8 Å². The molecule has 2 aliphatic carbocycles. The van der Waals surface area contributed by atoms with Crippen molar-refractivity contribution in [1.29, 1.82) is 0 Å². The van der Waals surface area contributed by atoms with Gasteiger partial charge in [-0.3, -0.25) is 0 Å². The Kier molecular flexibility index (Phi) is 5.91. The molecule has 0 spiro atoms. The molecule has 5 unspecified atom stereocenters. The minimum Gasteiger partial charge on any atom is -0.397 e. The average Bonchev–Trinajstić information content (AvgIpc) is 3.02. The highest BCUT2D eigenvalue weighted by atomic mass is 28.3. The Labute approximate surface area is 121 Å². The average molecular weight is 285 g/mol. The van der Waals surface area contributed by atoms with E-state index in [0.29, 0.717) is 0 Å². The van der Waals surface area contributed by atoms with Gasteiger partial charge >= 0.3 is 9.28 Å². The number of hydrogen-bond acceptors (Lipinski definition) is 2. The summed E-state index contributed by atoms with van der Waals surface area (Å²) in [5.41, 5.74) is 0.736. The van der Waals surface area contributed by atoms with E-state index in [1.165, 1.54) is 32.1 Å². The molecule has 0 aromatic rings. The third kappa shape index (κ3) is 3.42. The van der Waals surface area contributed by atoms with Gasteiger partial charge in [0.25, 0.3) is 0 Å². The molecule has 2 aliphatic rings. The second-order valence-electron chi connectivity index (χ2n) is 6.58. The van der Waals surface area contributed by atoms with Gasteiger partial charge in [0.1, 0.15) is 0 Å². The summed E-state index contributed by atoms with van der Waals surface area (Å²) in [6.07, 6.45) is 7.19. The Morgan fingerprint density at radius 2 is 1.74 bits per heavy atom. The number of rotatable bonds is 8. The summed E-state index contributed by atoms with van der Waals surface area (Å²) < 4.78 is 12.2. The van der Waals surface area contributed by atoms with E-state index in [1.807, 2.05) is 0 Å². The molecular weight excluding hydrogens is 252 g/mol. The molecule has 0 amide bonds. The summed E-state index contributed by atoms with van der Waals surface area (Å²) >= 11 is 0. The Morgan fingerprint density at radius 3 is 2.16 bits per heavy atom. The second kappa shape index (κ2) is 7.23. The van der Waals surface area contributed by atoms with Gasteiger partial charge in [-0.1, -0.05) is 26.7 Å². The van der Waals surface area contributed by atoms with Crippen LogP contribution in [0.25, 0.3) is 0 Å². The summed E-state index contributed by atoms with van der Waals surface area (Å²) in [6.45, 7) is 10.6. The van der Waals surface area contributed by atoms with E-state index >= 15 is 0 Å². The van der Waals surface area contributed by atoms with E-state index in [4.69, 9.17) is 8.85 Å². The molecule has 0 heterocycles. The van der Waals surface area contributed by atoms with Crippen molar-refractivity contribution in [3.63, 3.8) is 0 Å². The van der Waals surface area contributed by atoms with E-state index in [2.05, 4.69) is 27.7 Å². The highest BCUT2D eigenvalue weighted by Crippen LogP contribution is 2.55. The molecule has 19 heavy (non-hydrogen) atoms. The summed E-state index contributed by atoms with van der Waals surface area (Å²) in [5.74, 6) is 3.68. The van der Waals surface area contributed by atoms with Crippen molar-refractivity contribution in [2.24, 2.45) is 23.7 Å². The minimum absolute atomic E-state index is 0.736. The third-order valence-electron chi connectivity index (χ3n) is 5.56. The molecule has 2 saturated carbocycles. The molecular formula is C16H32O2Si. The molecule has 0 aromatic heterocycles. The fourth-order valence-electron chi connectivity index (χ4n) is 4.53. The van der Waals surface area contributed by atoms with Gasteiger partial charge in [-0.25, -0.2) is 0 Å². The van der Waals surface area contributed by atoms with Gasteiger partial charge < -0.3 is 8.85 Å². The zero-order valence-electron chi connectivity index (χ0n) is 13.2. The van der Waals surface area contributed by atoms with Gasteiger partial charge in [-0.2, -0.15) is 0 Å². The van der Waals surface area contributed by atoms with Crippen LogP contribution in [0.3, 0.4) is 0 Å². The zero-order valence-corrected chi connectivity index (χ0v) is 14.4. The molecule has 2 nitrogen and oxygen atoms in total. The van der Waals surface area contributed by atoms with Crippen molar-refractivity contribution in [2.45, 2.75) is 65.3 Å². The zero-order chi connectivity index (χ0) is 13.8. The Hall–Kier alpha value is 0.137. The van der Waals surface area contributed by atoms with Gasteiger partial charge in [0, 0.05) is 18.8 Å². The minimum atomic E-state index is -1.51. The largest absolute Gasteiger partial charge is 0.397 e. The first-order valence-electron chi connectivity index (χ1n) is 8.44. The van der Waals surface area contributed by atoms with E-state index < -0.39 is 9.28 Å². The normalized spacial score (nSPS) is 33.0. The Bertz CT molecular complexity index is 265. The number of hydrogen-bond donors (Lipinski definition) is 0. The SMILES string of the molecule is CCO[SiH](OCC)C(C(C)CC)C1CC2CCC1C2. The van der Waals surface area contributed by atoms with E-state index in [-0.39, 0.29) is 0 Å². The van der Waals surface area contributed by atoms with Crippen LogP contribution in [0.4, 0.5) is 0 Å². The van der Waals surface area contributed by atoms with Crippen molar-refractivity contribution < 1.29 is 8.85 Å². The molecule has 2 rings (SSSR count). The van der Waals surface area contributed by atoms with E-state index in [9.17, 15) is 0 Å². The summed E-state index contributed by atoms with van der Waals surface area (Å²) in [7, 11) is -1.51. The lowest BCUT2D eigenvalue weighted by Crippen LogP contribution is -2.38. The maximum atomic E-state index is 6.10. The fourth-order valence-corrected chi connectivity index (χ4v) is 7.41. The molecule has 5 atom stereocenters. The lowest BCUT2D eigenvalue weighted by atomic mass is 9.81. The van der Waals surface area contributed by atoms with E-state index in [0.717, 1.165) is 42.4 Å². The van der Waals surface area contributed by atoms with Crippen LogP contribution >= 0.6 is 0 Å². The van der Waals surface area contributed by atoms with Crippen molar-refractivity contribution in [1.82, 2.24) is 0 Å². The van der Waals surface area contributed by atoms with Crippen molar-refractivity contribution in [3.05, 3.63) is 0 Å². The molecule has 3 heteroatoms. The van der Waals surface area contributed by atoms with Crippen LogP contribution in [-0.2, 0) is 8.85 Å². The summed E-state index contributed by atoms with van der Waals surface area (Å²) in [6, 6.07) is 0. The lowest BCUT2D eigenvalue weighted by molar-refractivity contribution is 0.161. The third-order valence-corrected chi connectivity index (χ3v) is 8.67. The van der Waals surface area contributed by atoms with E-state index in [1.54, 1.807) is 0 Å².